The quantitative estimate of drug-likeness (QED) is 0.909. The summed E-state index contributed by atoms with van der Waals surface area (Å²) in [6.07, 6.45) is 2.19. The summed E-state index contributed by atoms with van der Waals surface area (Å²) in [5.74, 6) is 0.0275. The highest BCUT2D eigenvalue weighted by atomic mass is 16.5. The number of amides is 1. The van der Waals surface area contributed by atoms with Crippen LogP contribution in [0.3, 0.4) is 0 Å². The van der Waals surface area contributed by atoms with Crippen molar-refractivity contribution in [1.29, 1.82) is 0 Å². The van der Waals surface area contributed by atoms with Crippen LogP contribution in [0.25, 0.3) is 0 Å². The van der Waals surface area contributed by atoms with Gasteiger partial charge in [-0.2, -0.15) is 5.10 Å². The molecule has 1 aliphatic carbocycles. The van der Waals surface area contributed by atoms with Crippen LogP contribution in [0, 0.1) is 12.3 Å². The van der Waals surface area contributed by atoms with E-state index in [1.54, 1.807) is 11.7 Å². The van der Waals surface area contributed by atoms with Crippen LogP contribution in [-0.4, -0.2) is 57.6 Å². The third-order valence-corrected chi connectivity index (χ3v) is 5.31. The van der Waals surface area contributed by atoms with Crippen molar-refractivity contribution in [1.82, 2.24) is 14.7 Å². The lowest BCUT2D eigenvalue weighted by atomic mass is 9.58. The van der Waals surface area contributed by atoms with Crippen LogP contribution in [-0.2, 0) is 11.8 Å². The van der Waals surface area contributed by atoms with E-state index in [-0.39, 0.29) is 23.5 Å². The Hall–Kier alpha value is -1.40. The molecule has 3 rings (SSSR count). The van der Waals surface area contributed by atoms with Gasteiger partial charge in [0, 0.05) is 38.6 Å². The average Bonchev–Trinajstić information content (AvgIpc) is 2.85. The van der Waals surface area contributed by atoms with Crippen molar-refractivity contribution in [2.45, 2.75) is 45.3 Å². The summed E-state index contributed by atoms with van der Waals surface area (Å²) in [4.78, 5) is 14.5. The molecule has 2 fully saturated rings. The van der Waals surface area contributed by atoms with Gasteiger partial charge in [-0.15, -0.1) is 0 Å². The molecule has 1 amide bonds. The van der Waals surface area contributed by atoms with E-state index < -0.39 is 0 Å². The monoisotopic (exact) mass is 307 g/mol. The van der Waals surface area contributed by atoms with E-state index in [4.69, 9.17) is 4.74 Å². The fourth-order valence-electron chi connectivity index (χ4n) is 3.92. The normalized spacial score (nSPS) is 27.0. The van der Waals surface area contributed by atoms with E-state index in [2.05, 4.69) is 5.10 Å². The second-order valence-corrected chi connectivity index (χ2v) is 6.52. The third kappa shape index (κ3) is 2.34. The fraction of sp³-hybridized carbons (Fsp3) is 0.750. The van der Waals surface area contributed by atoms with Crippen molar-refractivity contribution in [3.63, 3.8) is 0 Å². The van der Waals surface area contributed by atoms with Gasteiger partial charge in [0.15, 0.2) is 0 Å². The number of likely N-dealkylation sites (tertiary alicyclic amines) is 1. The number of carbonyl (C=O) groups excluding carboxylic acids is 1. The lowest BCUT2D eigenvalue weighted by Crippen LogP contribution is -2.62. The lowest BCUT2D eigenvalue weighted by Gasteiger charge is -2.56. The van der Waals surface area contributed by atoms with Gasteiger partial charge in [-0.3, -0.25) is 9.48 Å². The highest BCUT2D eigenvalue weighted by Crippen LogP contribution is 2.51. The summed E-state index contributed by atoms with van der Waals surface area (Å²) in [5.41, 5.74) is 1.34. The van der Waals surface area contributed by atoms with E-state index in [1.807, 2.05) is 24.8 Å². The zero-order valence-corrected chi connectivity index (χ0v) is 13.6. The number of aromatic nitrogens is 2. The van der Waals surface area contributed by atoms with Gasteiger partial charge in [0.25, 0.3) is 5.91 Å². The Morgan fingerprint density at radius 1 is 1.50 bits per heavy atom. The second kappa shape index (κ2) is 5.66. The van der Waals surface area contributed by atoms with Crippen LogP contribution in [0.5, 0.6) is 0 Å². The van der Waals surface area contributed by atoms with Crippen molar-refractivity contribution >= 4 is 5.91 Å². The van der Waals surface area contributed by atoms with Gasteiger partial charge >= 0.3 is 0 Å². The molecule has 2 heterocycles. The molecule has 2 atom stereocenters. The molecule has 22 heavy (non-hydrogen) atoms. The molecule has 2 aliphatic rings. The van der Waals surface area contributed by atoms with E-state index >= 15 is 0 Å². The molecule has 2 unspecified atom stereocenters. The number of carbonyl (C=O) groups is 1. The molecule has 1 spiro atoms. The SMILES string of the molecule is CCOC1CC(O)C12CCN(C(=O)c1cc(C)nn1C)CC2. The molecule has 1 aliphatic heterocycles. The van der Waals surface area contributed by atoms with E-state index in [1.165, 1.54) is 0 Å². The van der Waals surface area contributed by atoms with Gasteiger partial charge in [-0.1, -0.05) is 0 Å². The van der Waals surface area contributed by atoms with Crippen molar-refractivity contribution in [2.75, 3.05) is 19.7 Å². The molecular formula is C16H25N3O3. The number of hydrogen-bond acceptors (Lipinski definition) is 4. The number of rotatable bonds is 3. The topological polar surface area (TPSA) is 67.6 Å². The lowest BCUT2D eigenvalue weighted by molar-refractivity contribution is -0.207. The van der Waals surface area contributed by atoms with Crippen molar-refractivity contribution in [2.24, 2.45) is 12.5 Å². The van der Waals surface area contributed by atoms with Crippen molar-refractivity contribution in [3.8, 4) is 0 Å². The molecule has 0 aromatic carbocycles. The highest BCUT2D eigenvalue weighted by molar-refractivity contribution is 5.92. The molecule has 1 saturated carbocycles. The first-order valence-corrected chi connectivity index (χ1v) is 8.07. The maximum absolute atomic E-state index is 12.6. The second-order valence-electron chi connectivity index (χ2n) is 6.52. The standard InChI is InChI=1S/C16H25N3O3/c1-4-22-14-10-13(20)16(14)5-7-19(8-6-16)15(21)12-9-11(2)17-18(12)3/h9,13-14,20H,4-8,10H2,1-3H3. The Labute approximate surface area is 131 Å². The number of hydrogen-bond donors (Lipinski definition) is 1. The molecule has 1 aromatic rings. The number of aliphatic hydroxyl groups excluding tert-OH is 1. The predicted octanol–water partition coefficient (Wildman–Crippen LogP) is 1.12. The van der Waals surface area contributed by atoms with Gasteiger partial charge in [0.2, 0.25) is 0 Å². The van der Waals surface area contributed by atoms with E-state index in [9.17, 15) is 9.90 Å². The first kappa shape index (κ1) is 15.5. The number of nitrogens with zero attached hydrogens (tertiary/aromatic N) is 3. The number of ether oxygens (including phenoxy) is 1. The minimum absolute atomic E-state index is 0.0275. The Kier molecular flexibility index (Phi) is 3.99. The van der Waals surface area contributed by atoms with Gasteiger partial charge in [-0.05, 0) is 32.8 Å². The number of aryl methyl sites for hydroxylation is 2. The predicted molar refractivity (Wildman–Crippen MR) is 81.6 cm³/mol. The first-order chi connectivity index (χ1) is 10.5. The van der Waals surface area contributed by atoms with Crippen LogP contribution in [0.1, 0.15) is 42.4 Å². The summed E-state index contributed by atoms with van der Waals surface area (Å²) < 4.78 is 7.41. The maximum Gasteiger partial charge on any atom is 0.272 e. The molecule has 0 bridgehead atoms. The smallest absolute Gasteiger partial charge is 0.272 e. The summed E-state index contributed by atoms with van der Waals surface area (Å²) in [5, 5.41) is 14.5. The third-order valence-electron chi connectivity index (χ3n) is 5.31. The van der Waals surface area contributed by atoms with Crippen LogP contribution in [0.4, 0.5) is 0 Å². The average molecular weight is 307 g/mol. The zero-order valence-electron chi connectivity index (χ0n) is 13.6. The Morgan fingerprint density at radius 2 is 2.18 bits per heavy atom. The van der Waals surface area contributed by atoms with Crippen LogP contribution in [0.15, 0.2) is 6.07 Å². The van der Waals surface area contributed by atoms with Gasteiger partial charge in [-0.25, -0.2) is 0 Å². The Morgan fingerprint density at radius 3 is 2.68 bits per heavy atom. The molecule has 0 radical (unpaired) electrons. The maximum atomic E-state index is 12.6. The summed E-state index contributed by atoms with van der Waals surface area (Å²) >= 11 is 0. The molecular weight excluding hydrogens is 282 g/mol. The number of aliphatic hydroxyl groups is 1. The summed E-state index contributed by atoms with van der Waals surface area (Å²) in [6.45, 7) is 5.89. The number of piperidine rings is 1. The summed E-state index contributed by atoms with van der Waals surface area (Å²) in [6, 6.07) is 1.83. The minimum atomic E-state index is -0.291. The molecule has 1 N–H and O–H groups in total. The van der Waals surface area contributed by atoms with Crippen molar-refractivity contribution in [3.05, 3.63) is 17.5 Å². The Balaban J connectivity index is 1.67. The molecule has 1 saturated heterocycles. The Bertz CT molecular complexity index is 559. The van der Waals surface area contributed by atoms with Gasteiger partial charge in [0.05, 0.1) is 17.9 Å². The molecule has 6 heteroatoms. The van der Waals surface area contributed by atoms with E-state index in [0.717, 1.165) is 25.0 Å². The highest BCUT2D eigenvalue weighted by Gasteiger charge is 2.56. The first-order valence-electron chi connectivity index (χ1n) is 8.07. The van der Waals surface area contributed by atoms with Crippen LogP contribution in [0.2, 0.25) is 0 Å². The van der Waals surface area contributed by atoms with E-state index in [0.29, 0.717) is 25.4 Å². The van der Waals surface area contributed by atoms with Crippen molar-refractivity contribution < 1.29 is 14.6 Å². The molecule has 6 nitrogen and oxygen atoms in total. The molecule has 122 valence electrons. The summed E-state index contributed by atoms with van der Waals surface area (Å²) in [7, 11) is 1.80. The minimum Gasteiger partial charge on any atom is -0.392 e. The zero-order chi connectivity index (χ0) is 15.9. The van der Waals surface area contributed by atoms with Gasteiger partial charge in [0.1, 0.15) is 5.69 Å². The fourth-order valence-corrected chi connectivity index (χ4v) is 3.92. The largest absolute Gasteiger partial charge is 0.392 e. The van der Waals surface area contributed by atoms with Crippen LogP contribution >= 0.6 is 0 Å². The molecule has 1 aromatic heterocycles. The van der Waals surface area contributed by atoms with Gasteiger partial charge < -0.3 is 14.7 Å². The van der Waals surface area contributed by atoms with Crippen LogP contribution < -0.4 is 0 Å².